The van der Waals surface area contributed by atoms with Crippen molar-refractivity contribution in [2.24, 2.45) is 0 Å². The molecule has 1 aliphatic rings. The van der Waals surface area contributed by atoms with Gasteiger partial charge in [0.25, 0.3) is 5.69 Å². The molecule has 4 nitrogen and oxygen atoms in total. The molecule has 1 aliphatic heterocycles. The number of hydrogen-bond acceptors (Lipinski definition) is 3. The number of rotatable bonds is 2. The van der Waals surface area contributed by atoms with Gasteiger partial charge in [0.15, 0.2) is 0 Å². The summed E-state index contributed by atoms with van der Waals surface area (Å²) in [4.78, 5) is 10.6. The van der Waals surface area contributed by atoms with Gasteiger partial charge < -0.3 is 5.32 Å². The number of hydrogen-bond donors (Lipinski definition) is 1. The molecule has 1 aromatic carbocycles. The van der Waals surface area contributed by atoms with Crippen molar-refractivity contribution in [2.45, 2.75) is 26.2 Å². The standard InChI is InChI=1S/C12H16N2O2/c1-8-5-11(10-3-4-13-7-10)6-9(2)12(8)14(15)16/h5-6,10,13H,3-4,7H2,1-2H3. The third-order valence-electron chi connectivity index (χ3n) is 3.23. The fourth-order valence-electron chi connectivity index (χ4n) is 2.45. The summed E-state index contributed by atoms with van der Waals surface area (Å²) in [5.41, 5.74) is 3.03. The van der Waals surface area contributed by atoms with Gasteiger partial charge in [0.05, 0.1) is 4.92 Å². The molecule has 0 spiro atoms. The number of nitro benzene ring substituents is 1. The Bertz CT molecular complexity index is 400. The van der Waals surface area contributed by atoms with Gasteiger partial charge in [-0.2, -0.15) is 0 Å². The maximum atomic E-state index is 10.9. The van der Waals surface area contributed by atoms with Gasteiger partial charge in [0.1, 0.15) is 0 Å². The zero-order valence-corrected chi connectivity index (χ0v) is 9.62. The maximum Gasteiger partial charge on any atom is 0.275 e. The number of benzene rings is 1. The molecule has 0 radical (unpaired) electrons. The minimum absolute atomic E-state index is 0.259. The summed E-state index contributed by atoms with van der Waals surface area (Å²) >= 11 is 0. The average molecular weight is 220 g/mol. The van der Waals surface area contributed by atoms with Crippen LogP contribution in [0.1, 0.15) is 29.0 Å². The van der Waals surface area contributed by atoms with E-state index in [9.17, 15) is 10.1 Å². The molecule has 0 bridgehead atoms. The lowest BCUT2D eigenvalue weighted by atomic mass is 9.94. The van der Waals surface area contributed by atoms with Crippen LogP contribution in [0, 0.1) is 24.0 Å². The van der Waals surface area contributed by atoms with Gasteiger partial charge in [-0.05, 0) is 50.4 Å². The van der Waals surface area contributed by atoms with Gasteiger partial charge in [-0.3, -0.25) is 10.1 Å². The molecule has 1 unspecified atom stereocenters. The number of nitrogens with zero attached hydrogens (tertiary/aromatic N) is 1. The van der Waals surface area contributed by atoms with Gasteiger partial charge in [-0.15, -0.1) is 0 Å². The molecule has 86 valence electrons. The Morgan fingerprint density at radius 1 is 1.38 bits per heavy atom. The van der Waals surface area contributed by atoms with E-state index in [2.05, 4.69) is 5.32 Å². The lowest BCUT2D eigenvalue weighted by molar-refractivity contribution is -0.386. The molecular weight excluding hydrogens is 204 g/mol. The largest absolute Gasteiger partial charge is 0.316 e. The van der Waals surface area contributed by atoms with E-state index >= 15 is 0 Å². The Hall–Kier alpha value is -1.42. The maximum absolute atomic E-state index is 10.9. The SMILES string of the molecule is Cc1cc(C2CCNC2)cc(C)c1[N+](=O)[O-]. The van der Waals surface area contributed by atoms with Crippen LogP contribution in [0.15, 0.2) is 12.1 Å². The van der Waals surface area contributed by atoms with Crippen molar-refractivity contribution in [3.05, 3.63) is 38.9 Å². The quantitative estimate of drug-likeness (QED) is 0.614. The van der Waals surface area contributed by atoms with E-state index in [1.165, 1.54) is 5.56 Å². The van der Waals surface area contributed by atoms with Crippen LogP contribution >= 0.6 is 0 Å². The highest BCUT2D eigenvalue weighted by molar-refractivity contribution is 5.49. The van der Waals surface area contributed by atoms with Gasteiger partial charge in [-0.1, -0.05) is 0 Å². The lowest BCUT2D eigenvalue weighted by Gasteiger charge is -2.11. The van der Waals surface area contributed by atoms with Gasteiger partial charge in [0.2, 0.25) is 0 Å². The Morgan fingerprint density at radius 2 is 2.00 bits per heavy atom. The molecule has 1 saturated heterocycles. The molecule has 0 aliphatic carbocycles. The predicted molar refractivity (Wildman–Crippen MR) is 62.8 cm³/mol. The smallest absolute Gasteiger partial charge is 0.275 e. The summed E-state index contributed by atoms with van der Waals surface area (Å²) in [6, 6.07) is 3.92. The first-order valence-electron chi connectivity index (χ1n) is 5.56. The Kier molecular flexibility index (Phi) is 2.92. The molecule has 2 rings (SSSR count). The number of nitrogens with one attached hydrogen (secondary N) is 1. The molecule has 0 aromatic heterocycles. The second kappa shape index (κ2) is 4.22. The second-order valence-electron chi connectivity index (χ2n) is 4.45. The first-order valence-corrected chi connectivity index (χ1v) is 5.56. The van der Waals surface area contributed by atoms with Crippen molar-refractivity contribution in [3.63, 3.8) is 0 Å². The third-order valence-corrected chi connectivity index (χ3v) is 3.23. The second-order valence-corrected chi connectivity index (χ2v) is 4.45. The predicted octanol–water partition coefficient (Wildman–Crippen LogP) is 2.29. The van der Waals surface area contributed by atoms with Crippen LogP contribution in [-0.2, 0) is 0 Å². The summed E-state index contributed by atoms with van der Waals surface area (Å²) in [5.74, 6) is 0.512. The van der Waals surface area contributed by atoms with E-state index < -0.39 is 0 Å². The molecule has 1 fully saturated rings. The minimum Gasteiger partial charge on any atom is -0.316 e. The van der Waals surface area contributed by atoms with Gasteiger partial charge in [0, 0.05) is 17.7 Å². The van der Waals surface area contributed by atoms with E-state index in [0.717, 1.165) is 30.6 Å². The highest BCUT2D eigenvalue weighted by atomic mass is 16.6. The Morgan fingerprint density at radius 3 is 2.44 bits per heavy atom. The summed E-state index contributed by atoms with van der Waals surface area (Å²) < 4.78 is 0. The summed E-state index contributed by atoms with van der Waals surface area (Å²) in [5, 5.41) is 14.2. The first-order chi connectivity index (χ1) is 7.59. The minimum atomic E-state index is -0.290. The normalized spacial score (nSPS) is 20.0. The molecular formula is C12H16N2O2. The Labute approximate surface area is 94.8 Å². The third kappa shape index (κ3) is 1.93. The highest BCUT2D eigenvalue weighted by Gasteiger charge is 2.21. The monoisotopic (exact) mass is 220 g/mol. The van der Waals surface area contributed by atoms with E-state index in [4.69, 9.17) is 0 Å². The van der Waals surface area contributed by atoms with Crippen molar-refractivity contribution in [1.29, 1.82) is 0 Å². The van der Waals surface area contributed by atoms with E-state index in [0.29, 0.717) is 5.92 Å². The molecule has 16 heavy (non-hydrogen) atoms. The summed E-state index contributed by atoms with van der Waals surface area (Å²) in [6.07, 6.45) is 1.12. The number of aryl methyl sites for hydroxylation is 2. The van der Waals surface area contributed by atoms with Crippen molar-refractivity contribution in [2.75, 3.05) is 13.1 Å². The van der Waals surface area contributed by atoms with Crippen molar-refractivity contribution in [3.8, 4) is 0 Å². The molecule has 0 saturated carbocycles. The average Bonchev–Trinajstić information content (AvgIpc) is 2.67. The van der Waals surface area contributed by atoms with Crippen LogP contribution in [0.2, 0.25) is 0 Å². The van der Waals surface area contributed by atoms with Crippen LogP contribution in [0.3, 0.4) is 0 Å². The van der Waals surface area contributed by atoms with Crippen molar-refractivity contribution in [1.82, 2.24) is 5.32 Å². The van der Waals surface area contributed by atoms with Crippen LogP contribution in [-0.4, -0.2) is 18.0 Å². The van der Waals surface area contributed by atoms with Crippen molar-refractivity contribution < 1.29 is 4.92 Å². The summed E-state index contributed by atoms with van der Waals surface area (Å²) in [6.45, 7) is 5.66. The van der Waals surface area contributed by atoms with Gasteiger partial charge >= 0.3 is 0 Å². The topological polar surface area (TPSA) is 55.2 Å². The Balaban J connectivity index is 2.40. The van der Waals surface area contributed by atoms with Crippen LogP contribution in [0.5, 0.6) is 0 Å². The molecule has 1 N–H and O–H groups in total. The van der Waals surface area contributed by atoms with E-state index in [-0.39, 0.29) is 10.6 Å². The molecule has 0 amide bonds. The zero-order chi connectivity index (χ0) is 11.7. The molecule has 1 atom stereocenters. The lowest BCUT2D eigenvalue weighted by Crippen LogP contribution is -2.08. The molecule has 1 heterocycles. The van der Waals surface area contributed by atoms with Gasteiger partial charge in [-0.25, -0.2) is 0 Å². The first kappa shape index (κ1) is 11.1. The molecule has 4 heteroatoms. The van der Waals surface area contributed by atoms with Crippen LogP contribution in [0.4, 0.5) is 5.69 Å². The zero-order valence-electron chi connectivity index (χ0n) is 9.62. The fourth-order valence-corrected chi connectivity index (χ4v) is 2.45. The highest BCUT2D eigenvalue weighted by Crippen LogP contribution is 2.30. The number of nitro groups is 1. The molecule has 1 aromatic rings. The van der Waals surface area contributed by atoms with E-state index in [1.807, 2.05) is 26.0 Å². The van der Waals surface area contributed by atoms with Crippen molar-refractivity contribution >= 4 is 5.69 Å². The van der Waals surface area contributed by atoms with E-state index in [1.54, 1.807) is 0 Å². The fraction of sp³-hybridized carbons (Fsp3) is 0.500. The van der Waals surface area contributed by atoms with Crippen LogP contribution in [0.25, 0.3) is 0 Å². The van der Waals surface area contributed by atoms with Crippen LogP contribution < -0.4 is 5.32 Å². The summed E-state index contributed by atoms with van der Waals surface area (Å²) in [7, 11) is 0.